The standard InChI is InChI=1S/C17H25NO2S/c1-13(2)15-4-6-16(7-5-15)14(3)12-17(19)18-8-10-21(20)11-9-18/h4-7,13-14H,8-12H2,1-3H3. The number of carbonyl (C=O) groups is 1. The van der Waals surface area contributed by atoms with E-state index in [0.717, 1.165) is 0 Å². The average molecular weight is 307 g/mol. The minimum atomic E-state index is -0.727. The van der Waals surface area contributed by atoms with Crippen molar-refractivity contribution < 1.29 is 9.00 Å². The zero-order valence-corrected chi connectivity index (χ0v) is 14.0. The van der Waals surface area contributed by atoms with Gasteiger partial charge in [-0.1, -0.05) is 45.0 Å². The molecule has 1 heterocycles. The van der Waals surface area contributed by atoms with E-state index in [1.54, 1.807) is 0 Å². The molecular formula is C17H25NO2S. The van der Waals surface area contributed by atoms with E-state index in [-0.39, 0.29) is 11.8 Å². The summed E-state index contributed by atoms with van der Waals surface area (Å²) in [7, 11) is -0.727. The third-order valence-electron chi connectivity index (χ3n) is 4.18. The van der Waals surface area contributed by atoms with Crippen LogP contribution in [-0.2, 0) is 15.6 Å². The Morgan fingerprint density at radius 2 is 1.62 bits per heavy atom. The fraction of sp³-hybridized carbons (Fsp3) is 0.588. The van der Waals surface area contributed by atoms with E-state index in [4.69, 9.17) is 0 Å². The lowest BCUT2D eigenvalue weighted by Gasteiger charge is -2.27. The highest BCUT2D eigenvalue weighted by molar-refractivity contribution is 7.85. The molecule has 1 aliphatic rings. The molecule has 0 saturated carbocycles. The van der Waals surface area contributed by atoms with Gasteiger partial charge in [0.25, 0.3) is 0 Å². The summed E-state index contributed by atoms with van der Waals surface area (Å²) in [4.78, 5) is 14.2. The first-order valence-electron chi connectivity index (χ1n) is 7.70. The number of rotatable bonds is 4. The minimum Gasteiger partial charge on any atom is -0.341 e. The van der Waals surface area contributed by atoms with Crippen molar-refractivity contribution in [3.63, 3.8) is 0 Å². The second-order valence-electron chi connectivity index (χ2n) is 6.16. The molecule has 1 aromatic carbocycles. The molecule has 0 aliphatic carbocycles. The highest BCUT2D eigenvalue weighted by Crippen LogP contribution is 2.23. The van der Waals surface area contributed by atoms with Gasteiger partial charge >= 0.3 is 0 Å². The van der Waals surface area contributed by atoms with Crippen LogP contribution in [0.5, 0.6) is 0 Å². The summed E-state index contributed by atoms with van der Waals surface area (Å²) in [6, 6.07) is 8.59. The molecule has 1 aromatic rings. The molecule has 1 fully saturated rings. The molecule has 4 heteroatoms. The second kappa shape index (κ2) is 7.21. The molecule has 2 rings (SSSR count). The van der Waals surface area contributed by atoms with Gasteiger partial charge in [0.1, 0.15) is 0 Å². The molecule has 1 unspecified atom stereocenters. The van der Waals surface area contributed by atoms with E-state index in [2.05, 4.69) is 45.0 Å². The Morgan fingerprint density at radius 3 is 2.14 bits per heavy atom. The molecule has 0 radical (unpaired) electrons. The van der Waals surface area contributed by atoms with Crippen LogP contribution >= 0.6 is 0 Å². The molecule has 21 heavy (non-hydrogen) atoms. The first-order valence-corrected chi connectivity index (χ1v) is 9.18. The number of hydrogen-bond donors (Lipinski definition) is 0. The highest BCUT2D eigenvalue weighted by atomic mass is 32.2. The Kier molecular flexibility index (Phi) is 5.57. The van der Waals surface area contributed by atoms with Crippen molar-refractivity contribution >= 4 is 16.7 Å². The predicted molar refractivity (Wildman–Crippen MR) is 88.0 cm³/mol. The first kappa shape index (κ1) is 16.2. The van der Waals surface area contributed by atoms with E-state index in [1.165, 1.54) is 11.1 Å². The maximum absolute atomic E-state index is 12.3. The van der Waals surface area contributed by atoms with Crippen molar-refractivity contribution in [1.82, 2.24) is 4.90 Å². The third kappa shape index (κ3) is 4.40. The number of nitrogens with zero attached hydrogens (tertiary/aromatic N) is 1. The van der Waals surface area contributed by atoms with Crippen LogP contribution in [0, 0.1) is 0 Å². The van der Waals surface area contributed by atoms with Gasteiger partial charge in [0.15, 0.2) is 0 Å². The smallest absolute Gasteiger partial charge is 0.223 e. The third-order valence-corrected chi connectivity index (χ3v) is 5.46. The van der Waals surface area contributed by atoms with Gasteiger partial charge in [-0.15, -0.1) is 0 Å². The summed E-state index contributed by atoms with van der Waals surface area (Å²) in [5.74, 6) is 2.20. The second-order valence-corrected chi connectivity index (χ2v) is 7.85. The lowest BCUT2D eigenvalue weighted by Crippen LogP contribution is -2.42. The van der Waals surface area contributed by atoms with E-state index in [9.17, 15) is 9.00 Å². The zero-order valence-electron chi connectivity index (χ0n) is 13.2. The molecule has 0 bridgehead atoms. The lowest BCUT2D eigenvalue weighted by molar-refractivity contribution is -0.131. The number of benzene rings is 1. The van der Waals surface area contributed by atoms with Gasteiger partial charge in [0.05, 0.1) is 0 Å². The maximum atomic E-state index is 12.3. The van der Waals surface area contributed by atoms with Gasteiger partial charge < -0.3 is 4.90 Å². The van der Waals surface area contributed by atoms with Crippen LogP contribution in [-0.4, -0.2) is 39.6 Å². The minimum absolute atomic E-state index is 0.187. The van der Waals surface area contributed by atoms with Gasteiger partial charge in [-0.3, -0.25) is 9.00 Å². The van der Waals surface area contributed by atoms with Gasteiger partial charge in [-0.25, -0.2) is 0 Å². The van der Waals surface area contributed by atoms with Crippen LogP contribution in [0.3, 0.4) is 0 Å². The fourth-order valence-corrected chi connectivity index (χ4v) is 3.66. The molecule has 1 atom stereocenters. The van der Waals surface area contributed by atoms with E-state index in [0.29, 0.717) is 36.9 Å². The predicted octanol–water partition coefficient (Wildman–Crippen LogP) is 2.89. The van der Waals surface area contributed by atoms with Crippen LogP contribution in [0.2, 0.25) is 0 Å². The normalized spacial score (nSPS) is 18.0. The molecule has 0 spiro atoms. The van der Waals surface area contributed by atoms with Gasteiger partial charge in [-0.05, 0) is 23.0 Å². The van der Waals surface area contributed by atoms with Crippen molar-refractivity contribution in [1.29, 1.82) is 0 Å². The number of carbonyl (C=O) groups excluding carboxylic acids is 1. The Bertz CT molecular complexity index is 500. The largest absolute Gasteiger partial charge is 0.341 e. The molecule has 1 aliphatic heterocycles. The van der Waals surface area contributed by atoms with E-state index in [1.807, 2.05) is 4.90 Å². The molecular weight excluding hydrogens is 282 g/mol. The van der Waals surface area contributed by atoms with Crippen molar-refractivity contribution in [3.05, 3.63) is 35.4 Å². The summed E-state index contributed by atoms with van der Waals surface area (Å²) in [5, 5.41) is 0. The van der Waals surface area contributed by atoms with Crippen molar-refractivity contribution in [2.24, 2.45) is 0 Å². The van der Waals surface area contributed by atoms with Gasteiger partial charge in [0, 0.05) is 41.8 Å². The summed E-state index contributed by atoms with van der Waals surface area (Å²) >= 11 is 0. The van der Waals surface area contributed by atoms with E-state index >= 15 is 0 Å². The lowest BCUT2D eigenvalue weighted by atomic mass is 9.94. The van der Waals surface area contributed by atoms with Crippen LogP contribution in [0.15, 0.2) is 24.3 Å². The van der Waals surface area contributed by atoms with Crippen LogP contribution < -0.4 is 0 Å². The molecule has 116 valence electrons. The summed E-state index contributed by atoms with van der Waals surface area (Å²) < 4.78 is 11.3. The summed E-state index contributed by atoms with van der Waals surface area (Å²) in [6.45, 7) is 7.75. The number of amides is 1. The van der Waals surface area contributed by atoms with Gasteiger partial charge in [-0.2, -0.15) is 0 Å². The van der Waals surface area contributed by atoms with E-state index < -0.39 is 10.8 Å². The molecule has 1 saturated heterocycles. The molecule has 1 amide bonds. The summed E-state index contributed by atoms with van der Waals surface area (Å²) in [6.07, 6.45) is 0.535. The fourth-order valence-electron chi connectivity index (χ4n) is 2.61. The Balaban J connectivity index is 1.92. The monoisotopic (exact) mass is 307 g/mol. The van der Waals surface area contributed by atoms with Crippen molar-refractivity contribution in [3.8, 4) is 0 Å². The topological polar surface area (TPSA) is 37.4 Å². The van der Waals surface area contributed by atoms with Crippen LogP contribution in [0.25, 0.3) is 0 Å². The van der Waals surface area contributed by atoms with Crippen LogP contribution in [0.4, 0.5) is 0 Å². The molecule has 0 aromatic heterocycles. The van der Waals surface area contributed by atoms with Gasteiger partial charge in [0.2, 0.25) is 5.91 Å². The first-order chi connectivity index (χ1) is 9.97. The van der Waals surface area contributed by atoms with Crippen LogP contribution in [0.1, 0.15) is 50.2 Å². The Morgan fingerprint density at radius 1 is 1.10 bits per heavy atom. The molecule has 3 nitrogen and oxygen atoms in total. The van der Waals surface area contributed by atoms with Crippen molar-refractivity contribution in [2.75, 3.05) is 24.6 Å². The molecule has 0 N–H and O–H groups in total. The average Bonchev–Trinajstić information content (AvgIpc) is 2.47. The maximum Gasteiger partial charge on any atom is 0.223 e. The zero-order chi connectivity index (χ0) is 15.4. The van der Waals surface area contributed by atoms with Crippen molar-refractivity contribution in [2.45, 2.75) is 39.0 Å². The highest BCUT2D eigenvalue weighted by Gasteiger charge is 2.22. The quantitative estimate of drug-likeness (QED) is 0.858. The Hall–Kier alpha value is -1.16. The number of hydrogen-bond acceptors (Lipinski definition) is 2. The SMILES string of the molecule is CC(C)c1ccc(C(C)CC(=O)N2CCS(=O)CC2)cc1. The summed E-state index contributed by atoms with van der Waals surface area (Å²) in [5.41, 5.74) is 2.55. The Labute approximate surface area is 130 Å².